The molecule has 2 aromatic carbocycles. The molecule has 0 saturated heterocycles. The van der Waals surface area contributed by atoms with Gasteiger partial charge in [0.15, 0.2) is 0 Å². The normalized spacial score (nSPS) is 13.1. The van der Waals surface area contributed by atoms with Crippen molar-refractivity contribution in [1.29, 1.82) is 0 Å². The molecule has 2 atom stereocenters. The predicted molar refractivity (Wildman–Crippen MR) is 105 cm³/mol. The van der Waals surface area contributed by atoms with E-state index < -0.39 is 16.2 Å². The van der Waals surface area contributed by atoms with Crippen LogP contribution in [-0.2, 0) is 26.3 Å². The van der Waals surface area contributed by atoms with Crippen LogP contribution in [0.3, 0.4) is 0 Å². The number of carbonyl (C=O) groups excluding carboxylic acids is 1. The molecule has 7 heteroatoms. The third kappa shape index (κ3) is 8.34. The van der Waals surface area contributed by atoms with Crippen molar-refractivity contribution >= 4 is 16.1 Å². The first kappa shape index (κ1) is 22.8. The number of hydrogen-bond acceptors (Lipinski definition) is 5. The SMILES string of the molecule is CC[C@@H](C)[C@@H](N)C(=O)OCc1ccccc1.Cc1ccc(S(=O)(=O)O)cc1. The van der Waals surface area contributed by atoms with E-state index >= 15 is 0 Å². The largest absolute Gasteiger partial charge is 0.460 e. The quantitative estimate of drug-likeness (QED) is 0.576. The summed E-state index contributed by atoms with van der Waals surface area (Å²) < 4.78 is 34.7. The van der Waals surface area contributed by atoms with Crippen molar-refractivity contribution in [3.63, 3.8) is 0 Å². The number of rotatable bonds is 6. The lowest BCUT2D eigenvalue weighted by molar-refractivity contribution is -0.147. The number of aryl methyl sites for hydroxylation is 1. The number of esters is 1. The van der Waals surface area contributed by atoms with Crippen LogP contribution >= 0.6 is 0 Å². The molecule has 27 heavy (non-hydrogen) atoms. The summed E-state index contributed by atoms with van der Waals surface area (Å²) in [6.45, 7) is 6.10. The highest BCUT2D eigenvalue weighted by atomic mass is 32.2. The van der Waals surface area contributed by atoms with E-state index in [-0.39, 0.29) is 16.8 Å². The van der Waals surface area contributed by atoms with Crippen LogP contribution in [0, 0.1) is 12.8 Å². The van der Waals surface area contributed by atoms with Crippen molar-refractivity contribution in [3.8, 4) is 0 Å². The molecule has 0 aliphatic heterocycles. The second kappa shape index (κ2) is 10.8. The lowest BCUT2D eigenvalue weighted by Gasteiger charge is -2.16. The Kier molecular flexibility index (Phi) is 9.14. The first-order chi connectivity index (χ1) is 12.6. The first-order valence-corrected chi connectivity index (χ1v) is 10.1. The van der Waals surface area contributed by atoms with E-state index in [9.17, 15) is 13.2 Å². The molecular weight excluding hydrogens is 366 g/mol. The van der Waals surface area contributed by atoms with E-state index in [0.717, 1.165) is 17.5 Å². The van der Waals surface area contributed by atoms with E-state index in [4.69, 9.17) is 15.0 Å². The van der Waals surface area contributed by atoms with Gasteiger partial charge >= 0.3 is 5.97 Å². The zero-order valence-corrected chi connectivity index (χ0v) is 16.6. The monoisotopic (exact) mass is 393 g/mol. The predicted octanol–water partition coefficient (Wildman–Crippen LogP) is 3.34. The van der Waals surface area contributed by atoms with Gasteiger partial charge in [0.1, 0.15) is 12.6 Å². The zero-order valence-electron chi connectivity index (χ0n) is 15.8. The van der Waals surface area contributed by atoms with Crippen molar-refractivity contribution < 1.29 is 22.5 Å². The third-order valence-corrected chi connectivity index (χ3v) is 4.94. The summed E-state index contributed by atoms with van der Waals surface area (Å²) in [7, 11) is -4.02. The van der Waals surface area contributed by atoms with Gasteiger partial charge in [0.2, 0.25) is 0 Å². The summed E-state index contributed by atoms with van der Waals surface area (Å²) in [5.74, 6) is -0.165. The summed E-state index contributed by atoms with van der Waals surface area (Å²) in [6.07, 6.45) is 0.877. The molecule has 0 heterocycles. The topological polar surface area (TPSA) is 107 Å². The first-order valence-electron chi connectivity index (χ1n) is 8.65. The molecule has 0 fully saturated rings. The Morgan fingerprint density at radius 1 is 1.11 bits per heavy atom. The highest BCUT2D eigenvalue weighted by molar-refractivity contribution is 7.85. The number of carbonyl (C=O) groups is 1. The zero-order chi connectivity index (χ0) is 20.4. The fraction of sp³-hybridized carbons (Fsp3) is 0.350. The lowest BCUT2D eigenvalue weighted by atomic mass is 10.0. The molecule has 0 saturated carbocycles. The second-order valence-corrected chi connectivity index (χ2v) is 7.71. The summed E-state index contributed by atoms with van der Waals surface area (Å²) in [5.41, 5.74) is 7.70. The summed E-state index contributed by atoms with van der Waals surface area (Å²) >= 11 is 0. The van der Waals surface area contributed by atoms with Crippen molar-refractivity contribution in [2.45, 2.75) is 44.7 Å². The van der Waals surface area contributed by atoms with Gasteiger partial charge in [-0.15, -0.1) is 0 Å². The second-order valence-electron chi connectivity index (χ2n) is 6.29. The van der Waals surface area contributed by atoms with Gasteiger partial charge in [-0.3, -0.25) is 9.35 Å². The Morgan fingerprint density at radius 3 is 2.15 bits per heavy atom. The minimum absolute atomic E-state index is 0.0666. The lowest BCUT2D eigenvalue weighted by Crippen LogP contribution is -2.37. The minimum atomic E-state index is -4.02. The molecule has 2 aromatic rings. The van der Waals surface area contributed by atoms with Gasteiger partial charge in [-0.05, 0) is 30.5 Å². The van der Waals surface area contributed by atoms with Gasteiger partial charge in [-0.2, -0.15) is 8.42 Å². The Bertz CT molecular complexity index is 804. The maximum atomic E-state index is 11.6. The molecule has 6 nitrogen and oxygen atoms in total. The number of hydrogen-bond donors (Lipinski definition) is 2. The van der Waals surface area contributed by atoms with Crippen LogP contribution < -0.4 is 5.73 Å². The van der Waals surface area contributed by atoms with Gasteiger partial charge < -0.3 is 10.5 Å². The third-order valence-electron chi connectivity index (χ3n) is 4.07. The molecule has 2 rings (SSSR count). The van der Waals surface area contributed by atoms with Crippen molar-refractivity contribution in [2.24, 2.45) is 11.7 Å². The van der Waals surface area contributed by atoms with Crippen molar-refractivity contribution in [1.82, 2.24) is 0 Å². The van der Waals surface area contributed by atoms with E-state index in [1.54, 1.807) is 12.1 Å². The standard InChI is InChI=1S/C13H19NO2.C7H8O3S/c1-3-10(2)12(14)13(15)16-9-11-7-5-4-6-8-11;1-6-2-4-7(5-3-6)11(8,9)10/h4-8,10,12H,3,9,14H2,1-2H3;2-5H,1H3,(H,8,9,10)/t10-,12-;/m1./s1. The van der Waals surface area contributed by atoms with E-state index in [1.807, 2.05) is 51.1 Å². The van der Waals surface area contributed by atoms with Crippen LogP contribution in [0.5, 0.6) is 0 Å². The van der Waals surface area contributed by atoms with Gasteiger partial charge in [0.25, 0.3) is 10.1 Å². The highest BCUT2D eigenvalue weighted by Gasteiger charge is 2.20. The van der Waals surface area contributed by atoms with Crippen molar-refractivity contribution in [3.05, 3.63) is 65.7 Å². The Labute approximate surface area is 161 Å². The van der Waals surface area contributed by atoms with Crippen LogP contribution in [0.1, 0.15) is 31.4 Å². The number of ether oxygens (including phenoxy) is 1. The van der Waals surface area contributed by atoms with Crippen LogP contribution in [0.25, 0.3) is 0 Å². The van der Waals surface area contributed by atoms with E-state index in [1.165, 1.54) is 12.1 Å². The Balaban J connectivity index is 0.000000289. The summed E-state index contributed by atoms with van der Waals surface area (Å²) in [5, 5.41) is 0. The molecular formula is C20H27NO5S. The summed E-state index contributed by atoms with van der Waals surface area (Å²) in [6, 6.07) is 15.1. The maximum absolute atomic E-state index is 11.6. The molecule has 0 aliphatic carbocycles. The molecule has 0 radical (unpaired) electrons. The minimum Gasteiger partial charge on any atom is -0.460 e. The average Bonchev–Trinajstić information content (AvgIpc) is 2.65. The van der Waals surface area contributed by atoms with Gasteiger partial charge in [0.05, 0.1) is 4.90 Å². The highest BCUT2D eigenvalue weighted by Crippen LogP contribution is 2.09. The van der Waals surface area contributed by atoms with Crippen LogP contribution in [-0.4, -0.2) is 25.0 Å². The molecule has 0 amide bonds. The molecule has 3 N–H and O–H groups in total. The average molecular weight is 394 g/mol. The van der Waals surface area contributed by atoms with E-state index in [0.29, 0.717) is 6.61 Å². The number of benzene rings is 2. The molecule has 148 valence electrons. The molecule has 0 aromatic heterocycles. The van der Waals surface area contributed by atoms with E-state index in [2.05, 4.69) is 0 Å². The van der Waals surface area contributed by atoms with Gasteiger partial charge in [0, 0.05) is 0 Å². The fourth-order valence-corrected chi connectivity index (χ4v) is 2.50. The molecule has 0 bridgehead atoms. The molecule has 0 aliphatic rings. The smallest absolute Gasteiger partial charge is 0.323 e. The van der Waals surface area contributed by atoms with Crippen LogP contribution in [0.15, 0.2) is 59.5 Å². The van der Waals surface area contributed by atoms with Gasteiger partial charge in [-0.25, -0.2) is 0 Å². The number of nitrogens with two attached hydrogens (primary N) is 1. The fourth-order valence-electron chi connectivity index (χ4n) is 2.02. The summed E-state index contributed by atoms with van der Waals surface area (Å²) in [4.78, 5) is 11.5. The Morgan fingerprint density at radius 2 is 1.67 bits per heavy atom. The van der Waals surface area contributed by atoms with Crippen LogP contribution in [0.2, 0.25) is 0 Å². The van der Waals surface area contributed by atoms with Gasteiger partial charge in [-0.1, -0.05) is 68.3 Å². The van der Waals surface area contributed by atoms with Crippen molar-refractivity contribution in [2.75, 3.05) is 0 Å². The van der Waals surface area contributed by atoms with Crippen LogP contribution in [0.4, 0.5) is 0 Å². The Hall–Kier alpha value is -2.22. The molecule has 0 spiro atoms. The maximum Gasteiger partial charge on any atom is 0.323 e. The molecule has 0 unspecified atom stereocenters.